The van der Waals surface area contributed by atoms with Crippen molar-refractivity contribution < 1.29 is 9.59 Å². The molecule has 0 saturated carbocycles. The van der Waals surface area contributed by atoms with Crippen molar-refractivity contribution in [1.82, 2.24) is 5.32 Å². The maximum atomic E-state index is 12.2. The van der Waals surface area contributed by atoms with Gasteiger partial charge in [-0.2, -0.15) is 0 Å². The van der Waals surface area contributed by atoms with Crippen molar-refractivity contribution >= 4 is 23.6 Å². The summed E-state index contributed by atoms with van der Waals surface area (Å²) >= 11 is 0. The molecule has 1 unspecified atom stereocenters. The molecule has 1 fully saturated rings. The van der Waals surface area contributed by atoms with E-state index in [0.29, 0.717) is 12.1 Å². The number of nitrogens with one attached hydrogen (secondary N) is 1. The molecule has 26 heavy (non-hydrogen) atoms. The van der Waals surface area contributed by atoms with Gasteiger partial charge < -0.3 is 16.0 Å². The second-order valence-corrected chi connectivity index (χ2v) is 6.57. The van der Waals surface area contributed by atoms with E-state index in [1.54, 1.807) is 18.2 Å². The number of anilines is 1. The molecule has 134 valence electrons. The minimum atomic E-state index is -0.436. The number of carbonyl (C=O) groups excluding carboxylic acids is 2. The number of aryl methyl sites for hydroxylation is 1. The first-order chi connectivity index (χ1) is 12.5. The molecule has 1 atom stereocenters. The first kappa shape index (κ1) is 17.7. The van der Waals surface area contributed by atoms with Crippen LogP contribution in [0.4, 0.5) is 5.69 Å². The quantitative estimate of drug-likeness (QED) is 0.815. The van der Waals surface area contributed by atoms with Crippen molar-refractivity contribution in [2.24, 2.45) is 5.73 Å². The Balaban J connectivity index is 1.59. The van der Waals surface area contributed by atoms with Gasteiger partial charge in [0.05, 0.1) is 5.56 Å². The summed E-state index contributed by atoms with van der Waals surface area (Å²) in [5, 5.41) is 3.03. The maximum Gasteiger partial charge on any atom is 0.250 e. The number of nitrogens with two attached hydrogens (primary N) is 1. The zero-order chi connectivity index (χ0) is 18.5. The zero-order valence-electron chi connectivity index (χ0n) is 14.8. The lowest BCUT2D eigenvalue weighted by Crippen LogP contribution is -2.36. The van der Waals surface area contributed by atoms with E-state index in [1.165, 1.54) is 0 Å². The van der Waals surface area contributed by atoms with E-state index in [0.717, 1.165) is 29.8 Å². The maximum absolute atomic E-state index is 12.2. The van der Waals surface area contributed by atoms with E-state index in [9.17, 15) is 9.59 Å². The Labute approximate surface area is 153 Å². The number of nitrogens with zero attached hydrogens (tertiary/aromatic N) is 1. The second kappa shape index (κ2) is 7.87. The Morgan fingerprint density at radius 1 is 1.19 bits per heavy atom. The monoisotopic (exact) mass is 349 g/mol. The molecule has 2 aromatic carbocycles. The molecule has 0 aromatic heterocycles. The number of carbonyl (C=O) groups is 2. The highest BCUT2D eigenvalue weighted by atomic mass is 16.1. The van der Waals surface area contributed by atoms with E-state index < -0.39 is 5.91 Å². The van der Waals surface area contributed by atoms with Gasteiger partial charge >= 0.3 is 0 Å². The van der Waals surface area contributed by atoms with Crippen molar-refractivity contribution in [2.45, 2.75) is 19.4 Å². The van der Waals surface area contributed by atoms with E-state index in [-0.39, 0.29) is 11.9 Å². The van der Waals surface area contributed by atoms with Crippen LogP contribution < -0.4 is 16.0 Å². The van der Waals surface area contributed by atoms with Crippen LogP contribution in [-0.4, -0.2) is 30.9 Å². The molecule has 0 radical (unpaired) electrons. The molecule has 1 aliphatic heterocycles. The molecule has 0 bridgehead atoms. The van der Waals surface area contributed by atoms with Gasteiger partial charge in [0, 0.05) is 30.9 Å². The molecular formula is C21H23N3O2. The molecular weight excluding hydrogens is 326 g/mol. The second-order valence-electron chi connectivity index (χ2n) is 6.57. The zero-order valence-corrected chi connectivity index (χ0v) is 14.8. The average Bonchev–Trinajstić information content (AvgIpc) is 3.08. The summed E-state index contributed by atoms with van der Waals surface area (Å²) in [6, 6.07) is 15.3. The predicted molar refractivity (Wildman–Crippen MR) is 104 cm³/mol. The van der Waals surface area contributed by atoms with Crippen LogP contribution in [0.25, 0.3) is 6.08 Å². The van der Waals surface area contributed by atoms with Gasteiger partial charge in [0.15, 0.2) is 0 Å². The molecule has 1 heterocycles. The highest BCUT2D eigenvalue weighted by Crippen LogP contribution is 2.24. The molecule has 2 aromatic rings. The molecule has 1 saturated heterocycles. The normalized spacial score (nSPS) is 16.8. The van der Waals surface area contributed by atoms with Gasteiger partial charge in [-0.05, 0) is 37.1 Å². The van der Waals surface area contributed by atoms with Gasteiger partial charge in [-0.25, -0.2) is 0 Å². The van der Waals surface area contributed by atoms with Crippen LogP contribution in [0, 0.1) is 6.92 Å². The van der Waals surface area contributed by atoms with Crippen LogP contribution in [-0.2, 0) is 4.79 Å². The summed E-state index contributed by atoms with van der Waals surface area (Å²) in [6.45, 7) is 3.46. The fourth-order valence-electron chi connectivity index (χ4n) is 3.25. The summed E-state index contributed by atoms with van der Waals surface area (Å²) in [7, 11) is 0. The van der Waals surface area contributed by atoms with Crippen molar-refractivity contribution in [1.29, 1.82) is 0 Å². The smallest absolute Gasteiger partial charge is 0.250 e. The molecule has 3 rings (SSSR count). The number of benzene rings is 2. The third kappa shape index (κ3) is 4.30. The van der Waals surface area contributed by atoms with Gasteiger partial charge in [0.1, 0.15) is 0 Å². The number of rotatable bonds is 5. The SMILES string of the molecule is Cc1cccc(C=CC(=O)NC2CCN(c3ccccc3C(N)=O)C2)c1. The standard InChI is InChI=1S/C21H23N3O2/c1-15-5-4-6-16(13-15)9-10-20(25)23-17-11-12-24(14-17)19-8-3-2-7-18(19)21(22)26/h2-10,13,17H,11-12,14H2,1H3,(H2,22,26)(H,23,25). The van der Waals surface area contributed by atoms with Crippen molar-refractivity contribution in [3.05, 3.63) is 71.3 Å². The molecule has 3 N–H and O–H groups in total. The first-order valence-electron chi connectivity index (χ1n) is 8.72. The number of hydrogen-bond donors (Lipinski definition) is 2. The highest BCUT2D eigenvalue weighted by molar-refractivity contribution is 5.98. The van der Waals surface area contributed by atoms with Gasteiger partial charge in [-0.3, -0.25) is 9.59 Å². The fraction of sp³-hybridized carbons (Fsp3) is 0.238. The van der Waals surface area contributed by atoms with Crippen LogP contribution in [0.5, 0.6) is 0 Å². The number of amides is 2. The number of hydrogen-bond acceptors (Lipinski definition) is 3. The third-order valence-electron chi connectivity index (χ3n) is 4.51. The first-order valence-corrected chi connectivity index (χ1v) is 8.72. The van der Waals surface area contributed by atoms with Crippen LogP contribution in [0.2, 0.25) is 0 Å². The lowest BCUT2D eigenvalue weighted by molar-refractivity contribution is -0.117. The summed E-state index contributed by atoms with van der Waals surface area (Å²) < 4.78 is 0. The summed E-state index contributed by atoms with van der Waals surface area (Å²) in [5.41, 5.74) is 8.96. The number of para-hydroxylation sites is 1. The van der Waals surface area contributed by atoms with Crippen molar-refractivity contribution in [2.75, 3.05) is 18.0 Å². The summed E-state index contributed by atoms with van der Waals surface area (Å²) in [4.78, 5) is 25.9. The van der Waals surface area contributed by atoms with Crippen LogP contribution >= 0.6 is 0 Å². The average molecular weight is 349 g/mol. The third-order valence-corrected chi connectivity index (χ3v) is 4.51. The Hall–Kier alpha value is -3.08. The molecule has 0 spiro atoms. The Bertz CT molecular complexity index is 845. The topological polar surface area (TPSA) is 75.4 Å². The van der Waals surface area contributed by atoms with Crippen LogP contribution in [0.3, 0.4) is 0 Å². The largest absolute Gasteiger partial charge is 0.369 e. The van der Waals surface area contributed by atoms with E-state index >= 15 is 0 Å². The predicted octanol–water partition coefficient (Wildman–Crippen LogP) is 2.50. The molecule has 2 amide bonds. The lowest BCUT2D eigenvalue weighted by Gasteiger charge is -2.21. The number of primary amides is 1. The van der Waals surface area contributed by atoms with Gasteiger partial charge in [0.2, 0.25) is 5.91 Å². The molecule has 5 nitrogen and oxygen atoms in total. The summed E-state index contributed by atoms with van der Waals surface area (Å²) in [5.74, 6) is -0.546. The Morgan fingerprint density at radius 3 is 2.77 bits per heavy atom. The van der Waals surface area contributed by atoms with E-state index in [1.807, 2.05) is 49.4 Å². The van der Waals surface area contributed by atoms with Gasteiger partial charge in [0.25, 0.3) is 5.91 Å². The molecule has 5 heteroatoms. The van der Waals surface area contributed by atoms with Crippen molar-refractivity contribution in [3.63, 3.8) is 0 Å². The van der Waals surface area contributed by atoms with Crippen LogP contribution in [0.1, 0.15) is 27.9 Å². The van der Waals surface area contributed by atoms with E-state index in [4.69, 9.17) is 5.73 Å². The lowest BCUT2D eigenvalue weighted by atomic mass is 10.1. The highest BCUT2D eigenvalue weighted by Gasteiger charge is 2.25. The Morgan fingerprint density at radius 2 is 2.00 bits per heavy atom. The fourth-order valence-corrected chi connectivity index (χ4v) is 3.25. The van der Waals surface area contributed by atoms with Gasteiger partial charge in [-0.1, -0.05) is 42.0 Å². The minimum absolute atomic E-state index is 0.0468. The van der Waals surface area contributed by atoms with E-state index in [2.05, 4.69) is 10.2 Å². The van der Waals surface area contributed by atoms with Gasteiger partial charge in [-0.15, -0.1) is 0 Å². The Kier molecular flexibility index (Phi) is 5.37. The summed E-state index contributed by atoms with van der Waals surface area (Å²) in [6.07, 6.45) is 4.21. The minimum Gasteiger partial charge on any atom is -0.369 e. The van der Waals surface area contributed by atoms with Crippen LogP contribution in [0.15, 0.2) is 54.6 Å². The molecule has 0 aliphatic carbocycles. The van der Waals surface area contributed by atoms with Crippen molar-refractivity contribution in [3.8, 4) is 0 Å². The molecule has 1 aliphatic rings.